The number of rotatable bonds is 9. The SMILES string of the molecule is OCOCc1ccc(OCc2ccccc2)cc1OCc1ccccc1. The molecule has 0 atom stereocenters. The predicted octanol–water partition coefficient (Wildman–Crippen LogP) is 4.31. The molecule has 0 aliphatic rings. The first kappa shape index (κ1) is 18.0. The quantitative estimate of drug-likeness (QED) is 0.584. The second-order valence-corrected chi connectivity index (χ2v) is 5.80. The van der Waals surface area contributed by atoms with Gasteiger partial charge < -0.3 is 19.3 Å². The zero-order valence-corrected chi connectivity index (χ0v) is 14.5. The largest absolute Gasteiger partial charge is 0.489 e. The topological polar surface area (TPSA) is 47.9 Å². The summed E-state index contributed by atoms with van der Waals surface area (Å²) in [6, 6.07) is 25.6. The van der Waals surface area contributed by atoms with Gasteiger partial charge in [0, 0.05) is 11.6 Å². The maximum atomic E-state index is 8.90. The van der Waals surface area contributed by atoms with Gasteiger partial charge in [0.25, 0.3) is 0 Å². The van der Waals surface area contributed by atoms with Gasteiger partial charge in [0.1, 0.15) is 31.5 Å². The zero-order valence-electron chi connectivity index (χ0n) is 14.5. The molecule has 0 unspecified atom stereocenters. The van der Waals surface area contributed by atoms with Crippen LogP contribution in [-0.2, 0) is 24.6 Å². The molecule has 0 saturated heterocycles. The lowest BCUT2D eigenvalue weighted by atomic mass is 10.2. The van der Waals surface area contributed by atoms with Crippen LogP contribution in [0.25, 0.3) is 0 Å². The van der Waals surface area contributed by atoms with E-state index in [2.05, 4.69) is 0 Å². The standard InChI is InChI=1S/C22H22O4/c23-17-24-16-20-11-12-21(25-14-18-7-3-1-4-8-18)13-22(20)26-15-19-9-5-2-6-10-19/h1-13,23H,14-17H2. The smallest absolute Gasteiger partial charge is 0.144 e. The molecule has 4 heteroatoms. The van der Waals surface area contributed by atoms with Crippen molar-refractivity contribution < 1.29 is 19.3 Å². The summed E-state index contributed by atoms with van der Waals surface area (Å²) in [7, 11) is 0. The molecule has 0 bridgehead atoms. The number of hydrogen-bond donors (Lipinski definition) is 1. The van der Waals surface area contributed by atoms with Crippen LogP contribution in [0.5, 0.6) is 11.5 Å². The van der Waals surface area contributed by atoms with Crippen molar-refractivity contribution >= 4 is 0 Å². The Morgan fingerprint density at radius 3 is 1.88 bits per heavy atom. The Bertz CT molecular complexity index is 788. The number of aliphatic hydroxyl groups excluding tert-OH is 1. The third-order valence-corrected chi connectivity index (χ3v) is 3.87. The highest BCUT2D eigenvalue weighted by Gasteiger charge is 2.08. The lowest BCUT2D eigenvalue weighted by molar-refractivity contribution is -0.0120. The summed E-state index contributed by atoms with van der Waals surface area (Å²) >= 11 is 0. The molecular weight excluding hydrogens is 328 g/mol. The fraction of sp³-hybridized carbons (Fsp3) is 0.182. The van der Waals surface area contributed by atoms with Gasteiger partial charge in [0.2, 0.25) is 0 Å². The number of benzene rings is 3. The van der Waals surface area contributed by atoms with Crippen molar-refractivity contribution in [3.63, 3.8) is 0 Å². The van der Waals surface area contributed by atoms with E-state index in [-0.39, 0.29) is 13.4 Å². The molecule has 0 aliphatic carbocycles. The molecule has 0 radical (unpaired) electrons. The third kappa shape index (κ3) is 5.34. The van der Waals surface area contributed by atoms with Crippen molar-refractivity contribution in [2.24, 2.45) is 0 Å². The molecule has 26 heavy (non-hydrogen) atoms. The molecule has 1 N–H and O–H groups in total. The van der Waals surface area contributed by atoms with E-state index < -0.39 is 0 Å². The Kier molecular flexibility index (Phi) is 6.65. The van der Waals surface area contributed by atoms with E-state index >= 15 is 0 Å². The lowest BCUT2D eigenvalue weighted by Gasteiger charge is -2.14. The maximum Gasteiger partial charge on any atom is 0.144 e. The monoisotopic (exact) mass is 350 g/mol. The maximum absolute atomic E-state index is 8.90. The molecule has 3 rings (SSSR count). The van der Waals surface area contributed by atoms with E-state index in [0.29, 0.717) is 19.0 Å². The summed E-state index contributed by atoms with van der Waals surface area (Å²) in [4.78, 5) is 0. The van der Waals surface area contributed by atoms with Crippen molar-refractivity contribution in [3.05, 3.63) is 95.6 Å². The minimum absolute atomic E-state index is 0.277. The second kappa shape index (κ2) is 9.61. The average molecular weight is 350 g/mol. The highest BCUT2D eigenvalue weighted by atomic mass is 16.6. The fourth-order valence-electron chi connectivity index (χ4n) is 2.51. The molecule has 0 saturated carbocycles. The first-order chi connectivity index (χ1) is 12.8. The fourth-order valence-corrected chi connectivity index (χ4v) is 2.51. The lowest BCUT2D eigenvalue weighted by Crippen LogP contribution is -2.02. The van der Waals surface area contributed by atoms with Gasteiger partial charge in [-0.2, -0.15) is 0 Å². The molecule has 3 aromatic rings. The van der Waals surface area contributed by atoms with Gasteiger partial charge in [0.15, 0.2) is 0 Å². The van der Waals surface area contributed by atoms with E-state index in [9.17, 15) is 0 Å². The molecular formula is C22H22O4. The summed E-state index contributed by atoms with van der Waals surface area (Å²) in [6.45, 7) is 0.893. The zero-order chi connectivity index (χ0) is 18.0. The molecule has 0 fully saturated rings. The Morgan fingerprint density at radius 1 is 0.654 bits per heavy atom. The molecule has 3 aromatic carbocycles. The Balaban J connectivity index is 1.70. The van der Waals surface area contributed by atoms with Crippen molar-refractivity contribution in [2.45, 2.75) is 19.8 Å². The van der Waals surface area contributed by atoms with Crippen molar-refractivity contribution in [1.82, 2.24) is 0 Å². The summed E-state index contributed by atoms with van der Waals surface area (Å²) in [5.74, 6) is 1.41. The molecule has 0 aromatic heterocycles. The van der Waals surface area contributed by atoms with Crippen LogP contribution < -0.4 is 9.47 Å². The Labute approximate surface area is 153 Å². The average Bonchev–Trinajstić information content (AvgIpc) is 2.71. The van der Waals surface area contributed by atoms with Crippen LogP contribution in [0.1, 0.15) is 16.7 Å². The summed E-state index contributed by atoms with van der Waals surface area (Å²) in [6.07, 6.45) is 0. The number of hydrogen-bond acceptors (Lipinski definition) is 4. The minimum Gasteiger partial charge on any atom is -0.489 e. The summed E-state index contributed by atoms with van der Waals surface area (Å²) in [5, 5.41) is 8.90. The highest BCUT2D eigenvalue weighted by molar-refractivity contribution is 5.40. The van der Waals surface area contributed by atoms with Gasteiger partial charge in [-0.3, -0.25) is 0 Å². The molecule has 0 amide bonds. The van der Waals surface area contributed by atoms with Gasteiger partial charge in [0.05, 0.1) is 6.61 Å². The van der Waals surface area contributed by atoms with Crippen LogP contribution in [0.4, 0.5) is 0 Å². The summed E-state index contributed by atoms with van der Waals surface area (Å²) in [5.41, 5.74) is 3.05. The van der Waals surface area contributed by atoms with Gasteiger partial charge in [-0.1, -0.05) is 60.7 Å². The molecule has 134 valence electrons. The van der Waals surface area contributed by atoms with Gasteiger partial charge in [-0.15, -0.1) is 0 Å². The van der Waals surface area contributed by atoms with Crippen LogP contribution in [0.2, 0.25) is 0 Å². The van der Waals surface area contributed by atoms with Crippen LogP contribution in [0, 0.1) is 0 Å². The molecule has 0 spiro atoms. The van der Waals surface area contributed by atoms with E-state index in [1.54, 1.807) is 0 Å². The van der Waals surface area contributed by atoms with E-state index in [4.69, 9.17) is 19.3 Å². The van der Waals surface area contributed by atoms with Crippen molar-refractivity contribution in [1.29, 1.82) is 0 Å². The second-order valence-electron chi connectivity index (χ2n) is 5.80. The summed E-state index contributed by atoms with van der Waals surface area (Å²) < 4.78 is 17.0. The van der Waals surface area contributed by atoms with E-state index in [1.807, 2.05) is 78.9 Å². The third-order valence-electron chi connectivity index (χ3n) is 3.87. The van der Waals surface area contributed by atoms with Crippen LogP contribution in [-0.4, -0.2) is 11.9 Å². The minimum atomic E-state index is -0.329. The van der Waals surface area contributed by atoms with Gasteiger partial charge in [-0.05, 0) is 23.3 Å². The highest BCUT2D eigenvalue weighted by Crippen LogP contribution is 2.27. The Hall–Kier alpha value is -2.82. The molecule has 0 aliphatic heterocycles. The van der Waals surface area contributed by atoms with Crippen molar-refractivity contribution in [2.75, 3.05) is 6.79 Å². The van der Waals surface area contributed by atoms with E-state index in [1.165, 1.54) is 0 Å². The van der Waals surface area contributed by atoms with Crippen LogP contribution >= 0.6 is 0 Å². The number of ether oxygens (including phenoxy) is 3. The van der Waals surface area contributed by atoms with Gasteiger partial charge >= 0.3 is 0 Å². The van der Waals surface area contributed by atoms with E-state index in [0.717, 1.165) is 22.4 Å². The molecule has 4 nitrogen and oxygen atoms in total. The van der Waals surface area contributed by atoms with Crippen LogP contribution in [0.15, 0.2) is 78.9 Å². The number of aliphatic hydroxyl groups is 1. The first-order valence-corrected chi connectivity index (χ1v) is 8.50. The first-order valence-electron chi connectivity index (χ1n) is 8.50. The predicted molar refractivity (Wildman–Crippen MR) is 99.9 cm³/mol. The van der Waals surface area contributed by atoms with Gasteiger partial charge in [-0.25, -0.2) is 0 Å². The normalized spacial score (nSPS) is 10.5. The molecule has 0 heterocycles. The Morgan fingerprint density at radius 2 is 1.27 bits per heavy atom. The van der Waals surface area contributed by atoms with Crippen molar-refractivity contribution in [3.8, 4) is 11.5 Å². The van der Waals surface area contributed by atoms with Crippen LogP contribution in [0.3, 0.4) is 0 Å².